The molecule has 0 fully saturated rings. The quantitative estimate of drug-likeness (QED) is 0.178. The van der Waals surface area contributed by atoms with E-state index in [2.05, 4.69) is 24.4 Å². The zero-order valence-electron chi connectivity index (χ0n) is 17.6. The van der Waals surface area contributed by atoms with Crippen molar-refractivity contribution in [1.82, 2.24) is 10.2 Å². The third kappa shape index (κ3) is 16.5. The van der Waals surface area contributed by atoms with E-state index in [-0.39, 0.29) is 12.6 Å². The molecule has 5 nitrogen and oxygen atoms in total. The fourth-order valence-corrected chi connectivity index (χ4v) is 3.20. The molecule has 2 N–H and O–H groups in total. The van der Waals surface area contributed by atoms with Crippen LogP contribution in [0, 0.1) is 0 Å². The van der Waals surface area contributed by atoms with Gasteiger partial charge in [-0.25, -0.2) is 4.79 Å². The maximum atomic E-state index is 11.1. The van der Waals surface area contributed by atoms with Gasteiger partial charge in [0.2, 0.25) is 0 Å². The zero-order valence-corrected chi connectivity index (χ0v) is 17.6. The highest BCUT2D eigenvalue weighted by Crippen LogP contribution is 2.11. The van der Waals surface area contributed by atoms with Crippen molar-refractivity contribution in [2.45, 2.75) is 96.4 Å². The molecule has 0 bridgehead atoms. The second-order valence-electron chi connectivity index (χ2n) is 7.36. The molecule has 0 aliphatic rings. The van der Waals surface area contributed by atoms with Crippen LogP contribution < -0.4 is 5.32 Å². The number of carbonyl (C=O) groups is 2. The first-order chi connectivity index (χ1) is 13.2. The first-order valence-corrected chi connectivity index (χ1v) is 10.9. The second-order valence-corrected chi connectivity index (χ2v) is 7.36. The summed E-state index contributed by atoms with van der Waals surface area (Å²) >= 11 is 0. The van der Waals surface area contributed by atoms with Gasteiger partial charge in [-0.2, -0.15) is 0 Å². The minimum Gasteiger partial charge on any atom is -0.465 e. The lowest BCUT2D eigenvalue weighted by molar-refractivity contribution is -0.108. The van der Waals surface area contributed by atoms with Gasteiger partial charge in [0, 0.05) is 12.6 Å². The van der Waals surface area contributed by atoms with Crippen LogP contribution in [0.15, 0.2) is 12.2 Å². The Bertz CT molecular complexity index is 386. The van der Waals surface area contributed by atoms with Crippen LogP contribution in [-0.4, -0.2) is 48.6 Å². The number of aldehydes is 1. The molecule has 0 saturated heterocycles. The molecule has 0 radical (unpaired) electrons. The summed E-state index contributed by atoms with van der Waals surface area (Å²) in [5.41, 5.74) is 0. The Morgan fingerprint density at radius 1 is 0.963 bits per heavy atom. The van der Waals surface area contributed by atoms with Crippen LogP contribution in [0.3, 0.4) is 0 Å². The van der Waals surface area contributed by atoms with Gasteiger partial charge >= 0.3 is 6.09 Å². The first-order valence-electron chi connectivity index (χ1n) is 10.9. The number of carboxylic acid groups (broad SMARTS) is 1. The van der Waals surface area contributed by atoms with Crippen molar-refractivity contribution in [3.63, 3.8) is 0 Å². The SMILES string of the molecule is CCCCCCCCCCC/C=C\CCCC(CN(CC=O)C(=O)O)NC. The van der Waals surface area contributed by atoms with Crippen LogP contribution in [0.1, 0.15) is 90.4 Å². The van der Waals surface area contributed by atoms with E-state index in [0.717, 1.165) is 30.6 Å². The number of nitrogens with zero attached hydrogens (tertiary/aromatic N) is 1. The van der Waals surface area contributed by atoms with Crippen molar-refractivity contribution in [2.24, 2.45) is 0 Å². The van der Waals surface area contributed by atoms with Gasteiger partial charge in [-0.3, -0.25) is 4.90 Å². The molecule has 0 aliphatic heterocycles. The van der Waals surface area contributed by atoms with E-state index in [1.165, 1.54) is 57.8 Å². The fourth-order valence-electron chi connectivity index (χ4n) is 3.20. The van der Waals surface area contributed by atoms with Crippen LogP contribution in [0.2, 0.25) is 0 Å². The predicted molar refractivity (Wildman–Crippen MR) is 113 cm³/mol. The van der Waals surface area contributed by atoms with Crippen molar-refractivity contribution in [3.05, 3.63) is 12.2 Å². The highest BCUT2D eigenvalue weighted by atomic mass is 16.4. The Hall–Kier alpha value is -1.36. The van der Waals surface area contributed by atoms with Crippen molar-refractivity contribution < 1.29 is 14.7 Å². The maximum Gasteiger partial charge on any atom is 0.407 e. The number of rotatable bonds is 19. The lowest BCUT2D eigenvalue weighted by atomic mass is 10.1. The first kappa shape index (κ1) is 25.6. The molecule has 1 amide bonds. The van der Waals surface area contributed by atoms with Crippen molar-refractivity contribution >= 4 is 12.4 Å². The Labute approximate surface area is 166 Å². The van der Waals surface area contributed by atoms with Gasteiger partial charge in [0.25, 0.3) is 0 Å². The van der Waals surface area contributed by atoms with Crippen molar-refractivity contribution in [1.29, 1.82) is 0 Å². The number of unbranched alkanes of at least 4 members (excludes halogenated alkanes) is 10. The van der Waals surface area contributed by atoms with Crippen LogP contribution in [-0.2, 0) is 4.79 Å². The number of likely N-dealkylation sites (N-methyl/N-ethyl adjacent to an activating group) is 1. The van der Waals surface area contributed by atoms with Gasteiger partial charge in [0.15, 0.2) is 0 Å². The average Bonchev–Trinajstić information content (AvgIpc) is 2.66. The summed E-state index contributed by atoms with van der Waals surface area (Å²) in [6.07, 6.45) is 20.5. The van der Waals surface area contributed by atoms with E-state index in [4.69, 9.17) is 5.11 Å². The number of nitrogens with one attached hydrogen (secondary N) is 1. The van der Waals surface area contributed by atoms with Crippen LogP contribution in [0.5, 0.6) is 0 Å². The molecule has 1 unspecified atom stereocenters. The molecule has 1 atom stereocenters. The minimum absolute atomic E-state index is 0.0633. The zero-order chi connectivity index (χ0) is 20.2. The van der Waals surface area contributed by atoms with E-state index < -0.39 is 6.09 Å². The monoisotopic (exact) mass is 382 g/mol. The third-order valence-corrected chi connectivity index (χ3v) is 4.98. The maximum absolute atomic E-state index is 11.1. The van der Waals surface area contributed by atoms with Gasteiger partial charge in [-0.15, -0.1) is 0 Å². The summed E-state index contributed by atoms with van der Waals surface area (Å²) in [5, 5.41) is 12.2. The van der Waals surface area contributed by atoms with Gasteiger partial charge in [-0.05, 0) is 39.2 Å². The Morgan fingerprint density at radius 2 is 1.52 bits per heavy atom. The summed E-state index contributed by atoms with van der Waals surface area (Å²) in [6.45, 7) is 2.55. The predicted octanol–water partition coefficient (Wildman–Crippen LogP) is 5.40. The molecular weight excluding hydrogens is 340 g/mol. The normalized spacial score (nSPS) is 12.4. The molecule has 5 heteroatoms. The summed E-state index contributed by atoms with van der Waals surface area (Å²) in [4.78, 5) is 22.8. The van der Waals surface area contributed by atoms with Gasteiger partial charge < -0.3 is 15.2 Å². The summed E-state index contributed by atoms with van der Waals surface area (Å²) < 4.78 is 0. The lowest BCUT2D eigenvalue weighted by Gasteiger charge is -2.23. The van der Waals surface area contributed by atoms with E-state index >= 15 is 0 Å². The van der Waals surface area contributed by atoms with Crippen LogP contribution >= 0.6 is 0 Å². The Morgan fingerprint density at radius 3 is 2.04 bits per heavy atom. The number of carbonyl (C=O) groups excluding carboxylic acids is 1. The largest absolute Gasteiger partial charge is 0.465 e. The lowest BCUT2D eigenvalue weighted by Crippen LogP contribution is -2.42. The molecule has 0 aromatic rings. The van der Waals surface area contributed by atoms with E-state index in [1.54, 1.807) is 0 Å². The molecule has 0 saturated carbocycles. The van der Waals surface area contributed by atoms with Gasteiger partial charge in [0.05, 0.1) is 6.54 Å². The smallest absolute Gasteiger partial charge is 0.407 e. The third-order valence-electron chi connectivity index (χ3n) is 4.98. The van der Waals surface area contributed by atoms with Crippen LogP contribution in [0.25, 0.3) is 0 Å². The Balaban J connectivity index is 3.61. The Kier molecular flexibility index (Phi) is 18.4. The second kappa shape index (κ2) is 19.4. The summed E-state index contributed by atoms with van der Waals surface area (Å²) in [5.74, 6) is 0. The molecule has 0 rings (SSSR count). The average molecular weight is 383 g/mol. The number of hydrogen-bond donors (Lipinski definition) is 2. The molecule has 0 spiro atoms. The van der Waals surface area contributed by atoms with Crippen LogP contribution in [0.4, 0.5) is 4.79 Å². The summed E-state index contributed by atoms with van der Waals surface area (Å²) in [7, 11) is 1.84. The standard InChI is InChI=1S/C22H42N2O3/c1-3-4-5-6-7-8-9-10-11-12-13-14-15-16-17-21(23-2)20-24(18-19-25)22(26)27/h13-14,19,21,23H,3-12,15-18,20H2,1-2H3,(H,26,27)/b14-13-. The molecule has 158 valence electrons. The van der Waals surface area contributed by atoms with E-state index in [1.807, 2.05) is 7.05 Å². The minimum atomic E-state index is -1.04. The fraction of sp³-hybridized carbons (Fsp3) is 0.818. The molecular formula is C22H42N2O3. The molecule has 0 aromatic heterocycles. The number of hydrogen-bond acceptors (Lipinski definition) is 3. The molecule has 0 heterocycles. The molecule has 0 aromatic carbocycles. The number of amides is 1. The highest BCUT2D eigenvalue weighted by Gasteiger charge is 2.16. The van der Waals surface area contributed by atoms with E-state index in [0.29, 0.717) is 12.8 Å². The van der Waals surface area contributed by atoms with Crippen molar-refractivity contribution in [2.75, 3.05) is 20.1 Å². The van der Waals surface area contributed by atoms with Gasteiger partial charge in [-0.1, -0.05) is 70.4 Å². The summed E-state index contributed by atoms with van der Waals surface area (Å²) in [6, 6.07) is 0.0896. The van der Waals surface area contributed by atoms with Crippen molar-refractivity contribution in [3.8, 4) is 0 Å². The topological polar surface area (TPSA) is 69.6 Å². The molecule has 27 heavy (non-hydrogen) atoms. The highest BCUT2D eigenvalue weighted by molar-refractivity contribution is 5.69. The molecule has 0 aliphatic carbocycles. The van der Waals surface area contributed by atoms with Gasteiger partial charge in [0.1, 0.15) is 6.29 Å². The number of allylic oxidation sites excluding steroid dienone is 2. The van der Waals surface area contributed by atoms with E-state index in [9.17, 15) is 9.59 Å².